The molecule has 0 bridgehead atoms. The Kier molecular flexibility index (Phi) is 3.59. The van der Waals surface area contributed by atoms with E-state index in [0.717, 1.165) is 51.9 Å². The van der Waals surface area contributed by atoms with Crippen LogP contribution in [0, 0.1) is 5.92 Å². The summed E-state index contributed by atoms with van der Waals surface area (Å²) in [7, 11) is 0. The van der Waals surface area contributed by atoms with Gasteiger partial charge in [-0.25, -0.2) is 0 Å². The molecule has 4 heteroatoms. The molecule has 0 aliphatic carbocycles. The number of nitrogens with two attached hydrogens (primary N) is 1. The van der Waals surface area contributed by atoms with Gasteiger partial charge in [-0.15, -0.1) is 0 Å². The Labute approximate surface area is 91.2 Å². The van der Waals surface area contributed by atoms with Crippen molar-refractivity contribution in [2.45, 2.75) is 31.7 Å². The van der Waals surface area contributed by atoms with Crippen LogP contribution < -0.4 is 11.1 Å². The van der Waals surface area contributed by atoms with E-state index in [1.807, 2.05) is 4.90 Å². The number of carbonyl (C=O) groups excluding carboxylic acids is 1. The van der Waals surface area contributed by atoms with Crippen LogP contribution in [-0.4, -0.2) is 43.0 Å². The zero-order valence-electron chi connectivity index (χ0n) is 9.24. The van der Waals surface area contributed by atoms with E-state index >= 15 is 0 Å². The molecule has 0 aromatic rings. The molecule has 2 aliphatic rings. The molecular formula is C11H21N3O. The predicted molar refractivity (Wildman–Crippen MR) is 59.4 cm³/mol. The van der Waals surface area contributed by atoms with E-state index < -0.39 is 0 Å². The average Bonchev–Trinajstić information content (AvgIpc) is 2.82. The SMILES string of the molecule is NC(C(=O)N1CCCC1)C1CCNCC1. The highest BCUT2D eigenvalue weighted by Gasteiger charge is 2.30. The van der Waals surface area contributed by atoms with Crippen LogP contribution in [-0.2, 0) is 4.79 Å². The van der Waals surface area contributed by atoms with Crippen LogP contribution >= 0.6 is 0 Å². The summed E-state index contributed by atoms with van der Waals surface area (Å²) in [5, 5.41) is 3.30. The average molecular weight is 211 g/mol. The maximum Gasteiger partial charge on any atom is 0.239 e. The molecule has 15 heavy (non-hydrogen) atoms. The summed E-state index contributed by atoms with van der Waals surface area (Å²) >= 11 is 0. The number of piperidine rings is 1. The lowest BCUT2D eigenvalue weighted by Crippen LogP contribution is -2.49. The van der Waals surface area contributed by atoms with Gasteiger partial charge in [-0.3, -0.25) is 4.79 Å². The lowest BCUT2D eigenvalue weighted by atomic mass is 9.90. The first kappa shape index (κ1) is 10.9. The maximum absolute atomic E-state index is 12.0. The molecule has 0 aromatic carbocycles. The van der Waals surface area contributed by atoms with Gasteiger partial charge in [0, 0.05) is 13.1 Å². The van der Waals surface area contributed by atoms with Crippen molar-refractivity contribution in [3.05, 3.63) is 0 Å². The number of nitrogens with one attached hydrogen (secondary N) is 1. The zero-order valence-corrected chi connectivity index (χ0v) is 9.24. The van der Waals surface area contributed by atoms with Crippen LogP contribution in [0.4, 0.5) is 0 Å². The van der Waals surface area contributed by atoms with Gasteiger partial charge < -0.3 is 16.0 Å². The first-order chi connectivity index (χ1) is 7.29. The topological polar surface area (TPSA) is 58.4 Å². The van der Waals surface area contributed by atoms with Crippen molar-refractivity contribution in [1.29, 1.82) is 0 Å². The molecule has 1 unspecified atom stereocenters. The minimum Gasteiger partial charge on any atom is -0.341 e. The molecule has 2 fully saturated rings. The summed E-state index contributed by atoms with van der Waals surface area (Å²) in [5.74, 6) is 0.568. The van der Waals surface area contributed by atoms with Crippen molar-refractivity contribution in [2.24, 2.45) is 11.7 Å². The molecular weight excluding hydrogens is 190 g/mol. The van der Waals surface area contributed by atoms with Crippen LogP contribution in [0.15, 0.2) is 0 Å². The molecule has 1 atom stereocenters. The fraction of sp³-hybridized carbons (Fsp3) is 0.909. The molecule has 4 nitrogen and oxygen atoms in total. The molecule has 0 spiro atoms. The highest BCUT2D eigenvalue weighted by atomic mass is 16.2. The standard InChI is InChI=1S/C11H21N3O/c12-10(9-3-5-13-6-4-9)11(15)14-7-1-2-8-14/h9-10,13H,1-8,12H2. The Morgan fingerprint density at radius 1 is 1.27 bits per heavy atom. The lowest BCUT2D eigenvalue weighted by molar-refractivity contribution is -0.133. The minimum atomic E-state index is -0.259. The third-order valence-electron chi connectivity index (χ3n) is 3.59. The maximum atomic E-state index is 12.0. The number of rotatable bonds is 2. The number of likely N-dealkylation sites (tertiary alicyclic amines) is 1. The van der Waals surface area contributed by atoms with E-state index in [1.54, 1.807) is 0 Å². The molecule has 2 rings (SSSR count). The Hall–Kier alpha value is -0.610. The van der Waals surface area contributed by atoms with E-state index in [1.165, 1.54) is 0 Å². The number of hydrogen-bond acceptors (Lipinski definition) is 3. The Balaban J connectivity index is 1.87. The van der Waals surface area contributed by atoms with Gasteiger partial charge in [0.25, 0.3) is 0 Å². The van der Waals surface area contributed by atoms with Gasteiger partial charge in [0.2, 0.25) is 5.91 Å². The van der Waals surface area contributed by atoms with Crippen molar-refractivity contribution in [2.75, 3.05) is 26.2 Å². The summed E-state index contributed by atoms with van der Waals surface area (Å²) in [6.45, 7) is 3.84. The van der Waals surface area contributed by atoms with Crippen LogP contribution in [0.3, 0.4) is 0 Å². The fourth-order valence-corrected chi connectivity index (χ4v) is 2.55. The molecule has 2 heterocycles. The predicted octanol–water partition coefficient (Wildman–Crippen LogP) is -0.0643. The van der Waals surface area contributed by atoms with Crippen molar-refractivity contribution in [3.63, 3.8) is 0 Å². The van der Waals surface area contributed by atoms with E-state index in [2.05, 4.69) is 5.32 Å². The highest BCUT2D eigenvalue weighted by molar-refractivity contribution is 5.82. The Morgan fingerprint density at radius 3 is 2.47 bits per heavy atom. The van der Waals surface area contributed by atoms with Crippen LogP contribution in [0.2, 0.25) is 0 Å². The van der Waals surface area contributed by atoms with E-state index in [0.29, 0.717) is 5.92 Å². The molecule has 0 saturated carbocycles. The Bertz CT molecular complexity index is 220. The monoisotopic (exact) mass is 211 g/mol. The molecule has 1 amide bonds. The second kappa shape index (κ2) is 4.94. The molecule has 0 radical (unpaired) electrons. The summed E-state index contributed by atoms with van der Waals surface area (Å²) in [5.41, 5.74) is 6.05. The smallest absolute Gasteiger partial charge is 0.239 e. The van der Waals surface area contributed by atoms with Crippen molar-refractivity contribution < 1.29 is 4.79 Å². The first-order valence-electron chi connectivity index (χ1n) is 6.04. The van der Waals surface area contributed by atoms with Gasteiger partial charge in [0.05, 0.1) is 6.04 Å². The summed E-state index contributed by atoms with van der Waals surface area (Å²) in [4.78, 5) is 14.0. The molecule has 0 aromatic heterocycles. The first-order valence-corrected chi connectivity index (χ1v) is 6.04. The Morgan fingerprint density at radius 2 is 1.87 bits per heavy atom. The van der Waals surface area contributed by atoms with Crippen LogP contribution in [0.1, 0.15) is 25.7 Å². The van der Waals surface area contributed by atoms with Gasteiger partial charge in [-0.05, 0) is 44.7 Å². The van der Waals surface area contributed by atoms with E-state index in [4.69, 9.17) is 5.73 Å². The molecule has 2 aliphatic heterocycles. The number of nitrogens with zero attached hydrogens (tertiary/aromatic N) is 1. The summed E-state index contributed by atoms with van der Waals surface area (Å²) < 4.78 is 0. The van der Waals surface area contributed by atoms with Gasteiger partial charge >= 0.3 is 0 Å². The van der Waals surface area contributed by atoms with Crippen LogP contribution in [0.25, 0.3) is 0 Å². The third-order valence-corrected chi connectivity index (χ3v) is 3.59. The van der Waals surface area contributed by atoms with Gasteiger partial charge in [0.1, 0.15) is 0 Å². The second-order valence-electron chi connectivity index (χ2n) is 4.65. The van der Waals surface area contributed by atoms with Crippen molar-refractivity contribution in [3.8, 4) is 0 Å². The summed E-state index contributed by atoms with van der Waals surface area (Å²) in [6, 6.07) is -0.259. The quantitative estimate of drug-likeness (QED) is 0.672. The number of amides is 1. The van der Waals surface area contributed by atoms with Gasteiger partial charge in [-0.1, -0.05) is 0 Å². The number of hydrogen-bond donors (Lipinski definition) is 2. The third kappa shape index (κ3) is 2.49. The minimum absolute atomic E-state index is 0.180. The summed E-state index contributed by atoms with van der Waals surface area (Å²) in [6.07, 6.45) is 4.37. The van der Waals surface area contributed by atoms with Crippen molar-refractivity contribution >= 4 is 5.91 Å². The highest BCUT2D eigenvalue weighted by Crippen LogP contribution is 2.18. The largest absolute Gasteiger partial charge is 0.341 e. The van der Waals surface area contributed by atoms with Gasteiger partial charge in [0.15, 0.2) is 0 Å². The van der Waals surface area contributed by atoms with E-state index in [-0.39, 0.29) is 11.9 Å². The molecule has 2 saturated heterocycles. The fourth-order valence-electron chi connectivity index (χ4n) is 2.55. The van der Waals surface area contributed by atoms with Gasteiger partial charge in [-0.2, -0.15) is 0 Å². The normalized spacial score (nSPS) is 25.5. The molecule has 3 N–H and O–H groups in total. The zero-order chi connectivity index (χ0) is 10.7. The van der Waals surface area contributed by atoms with E-state index in [9.17, 15) is 4.79 Å². The van der Waals surface area contributed by atoms with Crippen LogP contribution in [0.5, 0.6) is 0 Å². The lowest BCUT2D eigenvalue weighted by Gasteiger charge is -2.29. The molecule has 86 valence electrons. The van der Waals surface area contributed by atoms with Crippen molar-refractivity contribution in [1.82, 2.24) is 10.2 Å². The number of carbonyl (C=O) groups is 1. The second-order valence-corrected chi connectivity index (χ2v) is 4.65.